The molecule has 2 N–H and O–H groups in total. The second kappa shape index (κ2) is 9.75. The molecule has 0 aromatic heterocycles. The van der Waals surface area contributed by atoms with E-state index in [0.717, 1.165) is 6.42 Å². The van der Waals surface area contributed by atoms with Gasteiger partial charge in [0.2, 0.25) is 11.8 Å². The number of carbonyl (C=O) groups excluding carboxylic acids is 2. The molecule has 0 aliphatic carbocycles. The van der Waals surface area contributed by atoms with Crippen LogP contribution in [0, 0.1) is 23.2 Å². The Labute approximate surface area is 216 Å². The van der Waals surface area contributed by atoms with Crippen molar-refractivity contribution in [2.75, 3.05) is 19.7 Å². The van der Waals surface area contributed by atoms with Crippen LogP contribution in [0.5, 0.6) is 0 Å². The van der Waals surface area contributed by atoms with Gasteiger partial charge in [-0.2, -0.15) is 0 Å². The van der Waals surface area contributed by atoms with E-state index < -0.39 is 40.6 Å². The van der Waals surface area contributed by atoms with E-state index in [1.54, 1.807) is 22.8 Å². The van der Waals surface area contributed by atoms with Gasteiger partial charge in [-0.1, -0.05) is 33.8 Å². The van der Waals surface area contributed by atoms with E-state index in [-0.39, 0.29) is 29.8 Å². The molecule has 3 heterocycles. The number of nitrogens with zero attached hydrogens (tertiary/aromatic N) is 2. The SMILES string of the molecule is C=CCN(C(=O)C1N(CCCCCO)C(=O)[C@@H]2[C@@H](C(=O)O)[C@]3(C)OC12CC3C)C(C)(C)CC(C)(C)C. The number of carboxylic acids is 1. The fraction of sp³-hybridized carbons (Fsp3) is 0.821. The van der Waals surface area contributed by atoms with E-state index in [2.05, 4.69) is 27.4 Å². The zero-order chi connectivity index (χ0) is 27.3. The maximum atomic E-state index is 14.5. The quantitative estimate of drug-likeness (QED) is 0.328. The van der Waals surface area contributed by atoms with Gasteiger partial charge in [0, 0.05) is 25.2 Å². The van der Waals surface area contributed by atoms with E-state index in [9.17, 15) is 24.6 Å². The summed E-state index contributed by atoms with van der Waals surface area (Å²) in [6, 6.07) is -0.892. The van der Waals surface area contributed by atoms with Crippen LogP contribution in [-0.4, -0.2) is 80.3 Å². The van der Waals surface area contributed by atoms with Gasteiger partial charge in [0.25, 0.3) is 0 Å². The molecule has 3 rings (SSSR count). The second-order valence-electron chi connectivity index (χ2n) is 13.1. The highest BCUT2D eigenvalue weighted by molar-refractivity contribution is 5.98. The van der Waals surface area contributed by atoms with E-state index in [0.29, 0.717) is 38.8 Å². The van der Waals surface area contributed by atoms with Crippen LogP contribution in [0.3, 0.4) is 0 Å². The number of hydrogen-bond donors (Lipinski definition) is 2. The first-order valence-electron chi connectivity index (χ1n) is 13.3. The van der Waals surface area contributed by atoms with E-state index in [1.807, 2.05) is 20.8 Å². The average Bonchev–Trinajstić information content (AvgIpc) is 3.24. The van der Waals surface area contributed by atoms with Gasteiger partial charge >= 0.3 is 5.97 Å². The van der Waals surface area contributed by atoms with Crippen LogP contribution in [0.2, 0.25) is 0 Å². The van der Waals surface area contributed by atoms with Crippen LogP contribution in [0.25, 0.3) is 0 Å². The molecule has 2 amide bonds. The fourth-order valence-electron chi connectivity index (χ4n) is 7.51. The van der Waals surface area contributed by atoms with Crippen LogP contribution in [0.15, 0.2) is 12.7 Å². The highest BCUT2D eigenvalue weighted by Crippen LogP contribution is 2.65. The van der Waals surface area contributed by atoms with Gasteiger partial charge in [0.1, 0.15) is 17.6 Å². The number of hydrogen-bond acceptors (Lipinski definition) is 5. The molecular formula is C28H46N2O6. The van der Waals surface area contributed by atoms with Gasteiger partial charge in [-0.15, -0.1) is 6.58 Å². The van der Waals surface area contributed by atoms with Crippen molar-refractivity contribution in [1.82, 2.24) is 9.80 Å². The molecule has 3 aliphatic heterocycles. The van der Waals surface area contributed by atoms with Crippen molar-refractivity contribution < 1.29 is 29.3 Å². The Morgan fingerprint density at radius 3 is 2.39 bits per heavy atom. The zero-order valence-electron chi connectivity index (χ0n) is 23.2. The number of aliphatic hydroxyl groups excluding tert-OH is 1. The molecule has 8 nitrogen and oxygen atoms in total. The van der Waals surface area contributed by atoms with Crippen LogP contribution < -0.4 is 0 Å². The number of carbonyl (C=O) groups is 3. The molecule has 204 valence electrons. The minimum Gasteiger partial charge on any atom is -0.481 e. The molecule has 1 spiro atoms. The van der Waals surface area contributed by atoms with Crippen molar-refractivity contribution in [2.24, 2.45) is 23.2 Å². The summed E-state index contributed by atoms with van der Waals surface area (Å²) in [5.74, 6) is -3.55. The number of rotatable bonds is 11. The van der Waals surface area contributed by atoms with Gasteiger partial charge < -0.3 is 24.7 Å². The van der Waals surface area contributed by atoms with Crippen LogP contribution >= 0.6 is 0 Å². The molecule has 3 unspecified atom stereocenters. The minimum absolute atomic E-state index is 0.0434. The Balaban J connectivity index is 2.09. The summed E-state index contributed by atoms with van der Waals surface area (Å²) in [4.78, 5) is 44.3. The van der Waals surface area contributed by atoms with Crippen molar-refractivity contribution in [1.29, 1.82) is 0 Å². The molecule has 0 saturated carbocycles. The maximum Gasteiger partial charge on any atom is 0.310 e. The Kier molecular flexibility index (Phi) is 7.75. The summed E-state index contributed by atoms with van der Waals surface area (Å²) >= 11 is 0. The van der Waals surface area contributed by atoms with Crippen LogP contribution in [0.4, 0.5) is 0 Å². The molecule has 0 aromatic carbocycles. The highest BCUT2D eigenvalue weighted by Gasteiger charge is 2.80. The summed E-state index contributed by atoms with van der Waals surface area (Å²) in [5.41, 5.74) is -2.74. The molecule has 3 fully saturated rings. The molecule has 3 aliphatic rings. The average molecular weight is 507 g/mol. The van der Waals surface area contributed by atoms with Gasteiger partial charge in [-0.3, -0.25) is 14.4 Å². The predicted octanol–water partition coefficient (Wildman–Crippen LogP) is 3.47. The highest BCUT2D eigenvalue weighted by atomic mass is 16.5. The van der Waals surface area contributed by atoms with E-state index >= 15 is 0 Å². The minimum atomic E-state index is -1.17. The molecule has 36 heavy (non-hydrogen) atoms. The van der Waals surface area contributed by atoms with Crippen molar-refractivity contribution in [2.45, 2.75) is 103 Å². The van der Waals surface area contributed by atoms with Gasteiger partial charge in [-0.05, 0) is 64.2 Å². The number of ether oxygens (including phenoxy) is 1. The lowest BCUT2D eigenvalue weighted by Crippen LogP contribution is -2.61. The summed E-state index contributed by atoms with van der Waals surface area (Å²) in [6.45, 7) is 18.8. The summed E-state index contributed by atoms with van der Waals surface area (Å²) in [5, 5.41) is 19.4. The maximum absolute atomic E-state index is 14.5. The predicted molar refractivity (Wildman–Crippen MR) is 137 cm³/mol. The second-order valence-corrected chi connectivity index (χ2v) is 13.1. The van der Waals surface area contributed by atoms with Crippen molar-refractivity contribution in [3.63, 3.8) is 0 Å². The Bertz CT molecular complexity index is 895. The number of aliphatic hydroxyl groups is 1. The zero-order valence-corrected chi connectivity index (χ0v) is 23.2. The first-order chi connectivity index (χ1) is 16.6. The van der Waals surface area contributed by atoms with Gasteiger partial charge in [0.05, 0.1) is 11.5 Å². The molecule has 0 aromatic rings. The Hall–Kier alpha value is -1.93. The number of fused-ring (bicyclic) bond motifs is 1. The fourth-order valence-corrected chi connectivity index (χ4v) is 7.51. The monoisotopic (exact) mass is 506 g/mol. The standard InChI is InChI=1S/C28H46N2O6/c1-9-13-30(26(6,7)17-25(3,4)5)23(33)21-28-16-18(2)27(8,36-28)20(24(34)35)19(28)22(32)29(21)14-11-10-12-15-31/h9,18-21,31H,1,10-17H2,2-8H3,(H,34,35)/t18?,19-,20-,21?,27+,28?/m0/s1. The molecule has 6 atom stereocenters. The third-order valence-corrected chi connectivity index (χ3v) is 8.64. The smallest absolute Gasteiger partial charge is 0.310 e. The van der Waals surface area contributed by atoms with Crippen LogP contribution in [0.1, 0.15) is 80.6 Å². The summed E-state index contributed by atoms with van der Waals surface area (Å²) < 4.78 is 6.60. The van der Waals surface area contributed by atoms with Crippen LogP contribution in [-0.2, 0) is 19.1 Å². The Morgan fingerprint density at radius 2 is 1.86 bits per heavy atom. The number of unbranched alkanes of at least 4 members (excludes halogenated alkanes) is 2. The van der Waals surface area contributed by atoms with Crippen molar-refractivity contribution in [3.05, 3.63) is 12.7 Å². The molecule has 3 saturated heterocycles. The normalized spacial score (nSPS) is 33.7. The van der Waals surface area contributed by atoms with E-state index in [4.69, 9.17) is 4.74 Å². The molecule has 2 bridgehead atoms. The number of aliphatic carboxylic acids is 1. The third-order valence-electron chi connectivity index (χ3n) is 8.64. The largest absolute Gasteiger partial charge is 0.481 e. The van der Waals surface area contributed by atoms with Gasteiger partial charge in [-0.25, -0.2) is 0 Å². The number of amides is 2. The lowest BCUT2D eigenvalue weighted by molar-refractivity contribution is -0.159. The summed E-state index contributed by atoms with van der Waals surface area (Å²) in [6.07, 6.45) is 4.85. The third kappa shape index (κ3) is 4.60. The number of likely N-dealkylation sites (tertiary alicyclic amines) is 1. The van der Waals surface area contributed by atoms with Crippen molar-refractivity contribution in [3.8, 4) is 0 Å². The molecular weight excluding hydrogens is 460 g/mol. The molecule has 0 radical (unpaired) electrons. The van der Waals surface area contributed by atoms with Gasteiger partial charge in [0.15, 0.2) is 0 Å². The van der Waals surface area contributed by atoms with Crippen molar-refractivity contribution >= 4 is 17.8 Å². The van der Waals surface area contributed by atoms with E-state index in [1.165, 1.54) is 0 Å². The Morgan fingerprint density at radius 1 is 1.22 bits per heavy atom. The lowest BCUT2D eigenvalue weighted by atomic mass is 9.62. The first-order valence-corrected chi connectivity index (χ1v) is 13.3. The molecule has 8 heteroatoms. The lowest BCUT2D eigenvalue weighted by Gasteiger charge is -2.45. The topological polar surface area (TPSA) is 107 Å². The number of carboxylic acid groups (broad SMARTS) is 1. The first kappa shape index (κ1) is 28.6. The summed E-state index contributed by atoms with van der Waals surface area (Å²) in [7, 11) is 0.